The molecule has 0 bridgehead atoms. The van der Waals surface area contributed by atoms with Gasteiger partial charge in [0.15, 0.2) is 0 Å². The lowest BCUT2D eigenvalue weighted by Crippen LogP contribution is -1.84. The summed E-state index contributed by atoms with van der Waals surface area (Å²) in [7, 11) is 0. The van der Waals surface area contributed by atoms with Gasteiger partial charge in [-0.15, -0.1) is 0 Å². The van der Waals surface area contributed by atoms with Gasteiger partial charge in [-0.1, -0.05) is 51.8 Å². The fourth-order valence-corrected chi connectivity index (χ4v) is 2.50. The second kappa shape index (κ2) is 3.72. The quantitative estimate of drug-likeness (QED) is 0.428. The molecular weight excluding hydrogens is 286 g/mol. The zero-order valence-electron chi connectivity index (χ0n) is 8.24. The molecule has 78 valence electrons. The lowest BCUT2D eigenvalue weighted by atomic mass is 10.1. The molecule has 1 nitrogen and oxygen atoms in total. The zero-order valence-corrected chi connectivity index (χ0v) is 10.6. The Bertz CT molecular complexity index is 694. The van der Waals surface area contributed by atoms with Crippen LogP contribution in [0.5, 0.6) is 0 Å². The molecule has 0 atom stereocenters. The number of fused-ring (bicyclic) bond motifs is 3. The van der Waals surface area contributed by atoms with Crippen LogP contribution in [0.15, 0.2) is 46.9 Å². The molecule has 1 aromatic heterocycles. The third kappa shape index (κ3) is 1.49. The maximum absolute atomic E-state index is 6.18. The second-order valence-electron chi connectivity index (χ2n) is 3.61. The number of nitrogens with zero attached hydrogens (tertiary/aromatic N) is 1. The number of pyridine rings is 1. The molecule has 0 spiro atoms. The van der Waals surface area contributed by atoms with E-state index in [2.05, 4.69) is 33.0 Å². The smallest absolute Gasteiger partial charge is 0.137 e. The number of para-hydroxylation sites is 1. The Balaban J connectivity index is 2.59. The second-order valence-corrected chi connectivity index (χ2v) is 4.88. The summed E-state index contributed by atoms with van der Waals surface area (Å²) in [5, 5.41) is 3.80. The Kier molecular flexibility index (Phi) is 2.34. The molecule has 0 aliphatic carbocycles. The molecule has 3 rings (SSSR count). The van der Waals surface area contributed by atoms with E-state index in [0.29, 0.717) is 5.15 Å². The maximum Gasteiger partial charge on any atom is 0.137 e. The largest absolute Gasteiger partial charge is 0.235 e. The molecule has 3 aromatic rings. The van der Waals surface area contributed by atoms with Gasteiger partial charge in [0, 0.05) is 15.2 Å². The molecule has 0 amide bonds. The van der Waals surface area contributed by atoms with Crippen molar-refractivity contribution >= 4 is 49.2 Å². The number of rotatable bonds is 0. The van der Waals surface area contributed by atoms with Crippen molar-refractivity contribution < 1.29 is 0 Å². The van der Waals surface area contributed by atoms with Crippen LogP contribution in [-0.4, -0.2) is 4.98 Å². The van der Waals surface area contributed by atoms with Gasteiger partial charge < -0.3 is 0 Å². The van der Waals surface area contributed by atoms with Crippen LogP contribution in [0.1, 0.15) is 0 Å². The van der Waals surface area contributed by atoms with Crippen molar-refractivity contribution in [2.75, 3.05) is 0 Å². The predicted molar refractivity (Wildman–Crippen MR) is 72.0 cm³/mol. The highest BCUT2D eigenvalue weighted by atomic mass is 79.9. The molecule has 0 saturated carbocycles. The molecule has 0 unspecified atom stereocenters. The van der Waals surface area contributed by atoms with E-state index in [0.717, 1.165) is 26.1 Å². The number of hydrogen-bond acceptors (Lipinski definition) is 1. The van der Waals surface area contributed by atoms with Crippen LogP contribution >= 0.6 is 27.5 Å². The highest BCUT2D eigenvalue weighted by molar-refractivity contribution is 9.10. The van der Waals surface area contributed by atoms with Gasteiger partial charge in [0.2, 0.25) is 0 Å². The third-order valence-electron chi connectivity index (χ3n) is 2.62. The molecule has 0 N–H and O–H groups in total. The molecule has 1 heterocycles. The van der Waals surface area contributed by atoms with E-state index in [1.54, 1.807) is 0 Å². The van der Waals surface area contributed by atoms with E-state index in [1.165, 1.54) is 0 Å². The van der Waals surface area contributed by atoms with Crippen molar-refractivity contribution in [3.63, 3.8) is 0 Å². The topological polar surface area (TPSA) is 12.9 Å². The number of hydrogen-bond donors (Lipinski definition) is 0. The summed E-state index contributed by atoms with van der Waals surface area (Å²) in [4.78, 5) is 4.39. The van der Waals surface area contributed by atoms with Gasteiger partial charge in [-0.25, -0.2) is 4.98 Å². The third-order valence-corrected chi connectivity index (χ3v) is 3.40. The van der Waals surface area contributed by atoms with Gasteiger partial charge in [0.25, 0.3) is 0 Å². The average molecular weight is 293 g/mol. The average Bonchev–Trinajstić information content (AvgIpc) is 2.29. The summed E-state index contributed by atoms with van der Waals surface area (Å²) >= 11 is 9.62. The van der Waals surface area contributed by atoms with Crippen molar-refractivity contribution in [3.8, 4) is 0 Å². The minimum Gasteiger partial charge on any atom is -0.235 e. The Morgan fingerprint density at radius 2 is 1.75 bits per heavy atom. The minimum absolute atomic E-state index is 0.551. The number of aromatic nitrogens is 1. The van der Waals surface area contributed by atoms with E-state index in [-0.39, 0.29) is 0 Å². The van der Waals surface area contributed by atoms with Crippen LogP contribution in [0.4, 0.5) is 0 Å². The summed E-state index contributed by atoms with van der Waals surface area (Å²) in [5.41, 5.74) is 0.933. The van der Waals surface area contributed by atoms with Crippen molar-refractivity contribution in [1.29, 1.82) is 0 Å². The highest BCUT2D eigenvalue weighted by Gasteiger charge is 2.06. The number of benzene rings is 2. The highest BCUT2D eigenvalue weighted by Crippen LogP contribution is 2.30. The van der Waals surface area contributed by atoms with Gasteiger partial charge in [0.05, 0.1) is 5.52 Å². The Morgan fingerprint density at radius 3 is 2.62 bits per heavy atom. The fourth-order valence-electron chi connectivity index (χ4n) is 1.89. The van der Waals surface area contributed by atoms with E-state index in [9.17, 15) is 0 Å². The first-order valence-corrected chi connectivity index (χ1v) is 6.06. The van der Waals surface area contributed by atoms with Gasteiger partial charge >= 0.3 is 0 Å². The zero-order chi connectivity index (χ0) is 11.1. The van der Waals surface area contributed by atoms with E-state index >= 15 is 0 Å². The van der Waals surface area contributed by atoms with Crippen molar-refractivity contribution in [2.45, 2.75) is 0 Å². The molecule has 0 fully saturated rings. The molecule has 2 aromatic carbocycles. The Morgan fingerprint density at radius 1 is 0.938 bits per heavy atom. The molecule has 16 heavy (non-hydrogen) atoms. The fraction of sp³-hybridized carbons (Fsp3) is 0. The molecular formula is C13H7BrClN. The van der Waals surface area contributed by atoms with Gasteiger partial charge in [-0.2, -0.15) is 0 Å². The first kappa shape index (κ1) is 10.1. The van der Waals surface area contributed by atoms with Crippen molar-refractivity contribution in [2.24, 2.45) is 0 Å². The Hall–Kier alpha value is -1.12. The predicted octanol–water partition coefficient (Wildman–Crippen LogP) is 4.80. The summed E-state index contributed by atoms with van der Waals surface area (Å²) in [6.07, 6.45) is 0. The van der Waals surface area contributed by atoms with E-state index in [1.807, 2.05) is 30.3 Å². The normalized spacial score (nSPS) is 11.1. The van der Waals surface area contributed by atoms with Crippen molar-refractivity contribution in [1.82, 2.24) is 4.98 Å². The Labute approximate surface area is 106 Å². The molecule has 0 aliphatic rings. The summed E-state index contributed by atoms with van der Waals surface area (Å²) in [6.45, 7) is 0. The summed E-state index contributed by atoms with van der Waals surface area (Å²) < 4.78 is 1.01. The van der Waals surface area contributed by atoms with Crippen LogP contribution in [-0.2, 0) is 0 Å². The van der Waals surface area contributed by atoms with Crippen molar-refractivity contribution in [3.05, 3.63) is 52.1 Å². The van der Waals surface area contributed by atoms with Crippen LogP contribution in [0.2, 0.25) is 5.15 Å². The van der Waals surface area contributed by atoms with Gasteiger partial charge in [-0.05, 0) is 23.6 Å². The monoisotopic (exact) mass is 291 g/mol. The maximum atomic E-state index is 6.18. The number of halogens is 2. The standard InChI is InChI=1S/C13H7BrClN/c14-8-5-6-9-10-3-1-2-4-12(10)16-13(15)11(9)7-8/h1-7H. The summed E-state index contributed by atoms with van der Waals surface area (Å²) in [5.74, 6) is 0. The molecule has 3 heteroatoms. The van der Waals surface area contributed by atoms with Crippen LogP contribution in [0, 0.1) is 0 Å². The SMILES string of the molecule is Clc1nc2ccccc2c2ccc(Br)cc12. The van der Waals surface area contributed by atoms with Crippen LogP contribution in [0.3, 0.4) is 0 Å². The lowest BCUT2D eigenvalue weighted by molar-refractivity contribution is 1.44. The van der Waals surface area contributed by atoms with Gasteiger partial charge in [0.1, 0.15) is 5.15 Å². The first-order valence-electron chi connectivity index (χ1n) is 4.89. The first-order chi connectivity index (χ1) is 7.75. The molecule has 0 saturated heterocycles. The summed E-state index contributed by atoms with van der Waals surface area (Å²) in [6, 6.07) is 14.1. The van der Waals surface area contributed by atoms with E-state index in [4.69, 9.17) is 11.6 Å². The minimum atomic E-state index is 0.551. The molecule has 0 aliphatic heterocycles. The van der Waals surface area contributed by atoms with E-state index < -0.39 is 0 Å². The van der Waals surface area contributed by atoms with Crippen LogP contribution < -0.4 is 0 Å². The van der Waals surface area contributed by atoms with Crippen LogP contribution in [0.25, 0.3) is 21.7 Å². The lowest BCUT2D eigenvalue weighted by Gasteiger charge is -2.05. The van der Waals surface area contributed by atoms with Gasteiger partial charge in [-0.3, -0.25) is 0 Å². The molecule has 0 radical (unpaired) electrons.